The lowest BCUT2D eigenvalue weighted by Gasteiger charge is -2.08. The van der Waals surface area contributed by atoms with E-state index in [1.807, 2.05) is 0 Å². The van der Waals surface area contributed by atoms with Crippen molar-refractivity contribution in [2.45, 2.75) is 12.8 Å². The number of methoxy groups -OCH3 is 1. The van der Waals surface area contributed by atoms with E-state index < -0.39 is 0 Å². The van der Waals surface area contributed by atoms with E-state index in [-0.39, 0.29) is 5.91 Å². The fraction of sp³-hybridized carbons (Fsp3) is 0.250. The third kappa shape index (κ3) is 3.31. The quantitative estimate of drug-likeness (QED) is 0.590. The summed E-state index contributed by atoms with van der Waals surface area (Å²) >= 11 is 0. The highest BCUT2D eigenvalue weighted by Crippen LogP contribution is 2.24. The van der Waals surface area contributed by atoms with Crippen molar-refractivity contribution in [3.63, 3.8) is 0 Å². The van der Waals surface area contributed by atoms with Crippen LogP contribution in [0.3, 0.4) is 0 Å². The Morgan fingerprint density at radius 3 is 2.94 bits per heavy atom. The SMILES string of the molecule is C=CCCC(=O)Nc1ccc(OC)c(N)c1. The third-order valence-corrected chi connectivity index (χ3v) is 2.09. The first kappa shape index (κ1) is 12.1. The minimum atomic E-state index is -0.0514. The van der Waals surface area contributed by atoms with Gasteiger partial charge in [-0.2, -0.15) is 0 Å². The van der Waals surface area contributed by atoms with E-state index in [1.165, 1.54) is 0 Å². The number of nitrogen functional groups attached to an aromatic ring is 1. The van der Waals surface area contributed by atoms with Gasteiger partial charge in [0.25, 0.3) is 0 Å². The first-order valence-electron chi connectivity index (χ1n) is 5.01. The maximum absolute atomic E-state index is 11.4. The lowest BCUT2D eigenvalue weighted by atomic mass is 10.2. The highest BCUT2D eigenvalue weighted by Gasteiger charge is 2.04. The lowest BCUT2D eigenvalue weighted by Crippen LogP contribution is -2.10. The molecule has 0 aromatic heterocycles. The van der Waals surface area contributed by atoms with Crippen molar-refractivity contribution in [2.24, 2.45) is 0 Å². The monoisotopic (exact) mass is 220 g/mol. The summed E-state index contributed by atoms with van der Waals surface area (Å²) in [6.07, 6.45) is 2.80. The van der Waals surface area contributed by atoms with Crippen LogP contribution in [0.5, 0.6) is 5.75 Å². The largest absolute Gasteiger partial charge is 0.495 e. The molecule has 0 aliphatic heterocycles. The van der Waals surface area contributed by atoms with E-state index in [9.17, 15) is 4.79 Å². The van der Waals surface area contributed by atoms with E-state index in [4.69, 9.17) is 10.5 Å². The van der Waals surface area contributed by atoms with Gasteiger partial charge in [-0.05, 0) is 24.6 Å². The molecule has 0 fully saturated rings. The molecule has 0 saturated heterocycles. The maximum Gasteiger partial charge on any atom is 0.224 e. The molecule has 0 heterocycles. The van der Waals surface area contributed by atoms with Crippen molar-refractivity contribution in [2.75, 3.05) is 18.2 Å². The Bertz CT molecular complexity index is 389. The minimum Gasteiger partial charge on any atom is -0.495 e. The number of benzene rings is 1. The zero-order valence-electron chi connectivity index (χ0n) is 9.32. The van der Waals surface area contributed by atoms with Gasteiger partial charge in [-0.1, -0.05) is 6.08 Å². The molecule has 86 valence electrons. The second-order valence-electron chi connectivity index (χ2n) is 3.33. The molecule has 3 N–H and O–H groups in total. The molecule has 0 aliphatic carbocycles. The summed E-state index contributed by atoms with van der Waals surface area (Å²) in [6.45, 7) is 3.56. The van der Waals surface area contributed by atoms with Crippen molar-refractivity contribution in [1.29, 1.82) is 0 Å². The van der Waals surface area contributed by atoms with Crippen LogP contribution in [0, 0.1) is 0 Å². The summed E-state index contributed by atoms with van der Waals surface area (Å²) in [4.78, 5) is 11.4. The van der Waals surface area contributed by atoms with Crippen molar-refractivity contribution < 1.29 is 9.53 Å². The predicted octanol–water partition coefficient (Wildman–Crippen LogP) is 2.18. The zero-order chi connectivity index (χ0) is 12.0. The number of nitrogens with two attached hydrogens (primary N) is 1. The van der Waals surface area contributed by atoms with Gasteiger partial charge in [0, 0.05) is 12.1 Å². The lowest BCUT2D eigenvalue weighted by molar-refractivity contribution is -0.116. The standard InChI is InChI=1S/C12H16N2O2/c1-3-4-5-12(15)14-9-6-7-11(16-2)10(13)8-9/h3,6-8H,1,4-5,13H2,2H3,(H,14,15). The fourth-order valence-electron chi connectivity index (χ4n) is 1.27. The summed E-state index contributed by atoms with van der Waals surface area (Å²) < 4.78 is 5.02. The maximum atomic E-state index is 11.4. The third-order valence-electron chi connectivity index (χ3n) is 2.09. The molecule has 0 aliphatic rings. The van der Waals surface area contributed by atoms with Gasteiger partial charge in [-0.25, -0.2) is 0 Å². The van der Waals surface area contributed by atoms with Crippen LogP contribution in [0.1, 0.15) is 12.8 Å². The Morgan fingerprint density at radius 2 is 2.38 bits per heavy atom. The van der Waals surface area contributed by atoms with E-state index in [0.29, 0.717) is 30.0 Å². The molecular weight excluding hydrogens is 204 g/mol. The number of hydrogen-bond acceptors (Lipinski definition) is 3. The Hall–Kier alpha value is -1.97. The number of carbonyl (C=O) groups is 1. The number of carbonyl (C=O) groups excluding carboxylic acids is 1. The molecule has 1 aromatic rings. The highest BCUT2D eigenvalue weighted by atomic mass is 16.5. The summed E-state index contributed by atoms with van der Waals surface area (Å²) in [7, 11) is 1.55. The molecule has 0 radical (unpaired) electrons. The number of amides is 1. The van der Waals surface area contributed by atoms with Gasteiger partial charge >= 0.3 is 0 Å². The summed E-state index contributed by atoms with van der Waals surface area (Å²) in [5.41, 5.74) is 6.89. The van der Waals surface area contributed by atoms with Crippen LogP contribution < -0.4 is 15.8 Å². The van der Waals surface area contributed by atoms with Gasteiger partial charge in [0.1, 0.15) is 5.75 Å². The summed E-state index contributed by atoms with van der Waals surface area (Å²) in [6, 6.07) is 5.14. The van der Waals surface area contributed by atoms with Crippen molar-refractivity contribution in [3.8, 4) is 5.75 Å². The molecule has 4 nitrogen and oxygen atoms in total. The van der Waals surface area contributed by atoms with E-state index in [1.54, 1.807) is 31.4 Å². The van der Waals surface area contributed by atoms with Crippen molar-refractivity contribution in [3.05, 3.63) is 30.9 Å². The molecule has 0 saturated carbocycles. The van der Waals surface area contributed by atoms with E-state index in [2.05, 4.69) is 11.9 Å². The first-order chi connectivity index (χ1) is 7.67. The number of allylic oxidation sites excluding steroid dienone is 1. The predicted molar refractivity (Wildman–Crippen MR) is 65.5 cm³/mol. The van der Waals surface area contributed by atoms with Crippen LogP contribution in [-0.2, 0) is 4.79 Å². The molecule has 1 aromatic carbocycles. The second kappa shape index (κ2) is 5.80. The van der Waals surface area contributed by atoms with Crippen LogP contribution in [-0.4, -0.2) is 13.0 Å². The molecule has 0 bridgehead atoms. The van der Waals surface area contributed by atoms with E-state index >= 15 is 0 Å². The topological polar surface area (TPSA) is 64.3 Å². The molecule has 0 spiro atoms. The number of hydrogen-bond donors (Lipinski definition) is 2. The Balaban J connectivity index is 2.64. The smallest absolute Gasteiger partial charge is 0.224 e. The number of ether oxygens (including phenoxy) is 1. The normalized spacial score (nSPS) is 9.56. The second-order valence-corrected chi connectivity index (χ2v) is 3.33. The first-order valence-corrected chi connectivity index (χ1v) is 5.01. The van der Waals surface area contributed by atoms with Gasteiger partial charge in [0.2, 0.25) is 5.91 Å². The average Bonchev–Trinajstić information content (AvgIpc) is 2.26. The van der Waals surface area contributed by atoms with Crippen molar-refractivity contribution >= 4 is 17.3 Å². The van der Waals surface area contributed by atoms with Gasteiger partial charge in [-0.3, -0.25) is 4.79 Å². The van der Waals surface area contributed by atoms with Gasteiger partial charge in [-0.15, -0.1) is 6.58 Å². The van der Waals surface area contributed by atoms with Crippen LogP contribution in [0.15, 0.2) is 30.9 Å². The van der Waals surface area contributed by atoms with Gasteiger partial charge < -0.3 is 15.8 Å². The number of anilines is 2. The molecule has 16 heavy (non-hydrogen) atoms. The highest BCUT2D eigenvalue weighted by molar-refractivity contribution is 5.91. The van der Waals surface area contributed by atoms with E-state index in [0.717, 1.165) is 0 Å². The summed E-state index contributed by atoms with van der Waals surface area (Å²) in [5, 5.41) is 2.75. The molecule has 1 amide bonds. The molecule has 4 heteroatoms. The van der Waals surface area contributed by atoms with Crippen LogP contribution >= 0.6 is 0 Å². The average molecular weight is 220 g/mol. The minimum absolute atomic E-state index is 0.0514. The molecule has 0 atom stereocenters. The van der Waals surface area contributed by atoms with Crippen LogP contribution in [0.25, 0.3) is 0 Å². The Kier molecular flexibility index (Phi) is 4.39. The Morgan fingerprint density at radius 1 is 1.62 bits per heavy atom. The number of nitrogens with one attached hydrogen (secondary N) is 1. The zero-order valence-corrected chi connectivity index (χ0v) is 9.32. The molecular formula is C12H16N2O2. The summed E-state index contributed by atoms with van der Waals surface area (Å²) in [5.74, 6) is 0.550. The van der Waals surface area contributed by atoms with Crippen LogP contribution in [0.4, 0.5) is 11.4 Å². The molecule has 0 unspecified atom stereocenters. The van der Waals surface area contributed by atoms with Crippen LogP contribution in [0.2, 0.25) is 0 Å². The Labute approximate surface area is 95.1 Å². The van der Waals surface area contributed by atoms with Gasteiger partial charge in [0.15, 0.2) is 0 Å². The van der Waals surface area contributed by atoms with Gasteiger partial charge in [0.05, 0.1) is 12.8 Å². The molecule has 1 rings (SSSR count). The fourth-order valence-corrected chi connectivity index (χ4v) is 1.27. The number of rotatable bonds is 5. The van der Waals surface area contributed by atoms with Crippen molar-refractivity contribution in [1.82, 2.24) is 0 Å².